The van der Waals surface area contributed by atoms with E-state index in [1.54, 1.807) is 28.8 Å². The first kappa shape index (κ1) is 18.0. The predicted octanol–water partition coefficient (Wildman–Crippen LogP) is 2.71. The summed E-state index contributed by atoms with van der Waals surface area (Å²) in [6.45, 7) is 8.03. The van der Waals surface area contributed by atoms with E-state index in [2.05, 4.69) is 31.1 Å². The van der Waals surface area contributed by atoms with Crippen molar-refractivity contribution in [2.45, 2.75) is 37.1 Å². The molecule has 2 aromatic rings. The molecule has 1 aromatic carbocycles. The summed E-state index contributed by atoms with van der Waals surface area (Å²) in [5.74, 6) is 0. The van der Waals surface area contributed by atoms with Gasteiger partial charge in [0.15, 0.2) is 0 Å². The van der Waals surface area contributed by atoms with E-state index in [1.165, 1.54) is 0 Å². The molecule has 1 aliphatic heterocycles. The molecule has 0 radical (unpaired) electrons. The van der Waals surface area contributed by atoms with Gasteiger partial charge in [0.2, 0.25) is 10.0 Å². The molecule has 25 heavy (non-hydrogen) atoms. The van der Waals surface area contributed by atoms with Gasteiger partial charge in [0.25, 0.3) is 0 Å². The highest BCUT2D eigenvalue weighted by Gasteiger charge is 2.34. The van der Waals surface area contributed by atoms with Gasteiger partial charge in [0.1, 0.15) is 0 Å². The highest BCUT2D eigenvalue weighted by Crippen LogP contribution is 2.30. The Hall–Kier alpha value is -1.76. The second kappa shape index (κ2) is 6.86. The summed E-state index contributed by atoms with van der Waals surface area (Å²) < 4.78 is 28.0. The van der Waals surface area contributed by atoms with Crippen LogP contribution in [0, 0.1) is 0 Å². The Bertz CT molecular complexity index is 812. The Labute approximate surface area is 150 Å². The second-order valence-electron chi connectivity index (χ2n) is 7.40. The maximum absolute atomic E-state index is 13.2. The zero-order chi connectivity index (χ0) is 18.1. The van der Waals surface area contributed by atoms with Gasteiger partial charge in [-0.1, -0.05) is 39.0 Å². The van der Waals surface area contributed by atoms with Crippen molar-refractivity contribution in [1.29, 1.82) is 0 Å². The van der Waals surface area contributed by atoms with E-state index < -0.39 is 10.0 Å². The van der Waals surface area contributed by atoms with Crippen LogP contribution in [0.25, 0.3) is 0 Å². The van der Waals surface area contributed by atoms with Crippen LogP contribution in [0.3, 0.4) is 0 Å². The molecule has 134 valence electrons. The quantitative estimate of drug-likeness (QED) is 0.915. The van der Waals surface area contributed by atoms with Crippen molar-refractivity contribution < 1.29 is 8.42 Å². The van der Waals surface area contributed by atoms with Crippen LogP contribution in [0.2, 0.25) is 0 Å². The molecule has 0 saturated carbocycles. The first-order valence-electron chi connectivity index (χ1n) is 8.53. The van der Waals surface area contributed by atoms with Crippen LogP contribution in [0.15, 0.2) is 53.7 Å². The Balaban J connectivity index is 1.94. The van der Waals surface area contributed by atoms with Crippen LogP contribution in [-0.2, 0) is 15.4 Å². The number of aromatic nitrogens is 1. The first-order chi connectivity index (χ1) is 11.8. The van der Waals surface area contributed by atoms with Gasteiger partial charge in [-0.3, -0.25) is 4.98 Å². The molecule has 1 unspecified atom stereocenters. The Morgan fingerprint density at radius 1 is 1.16 bits per heavy atom. The minimum atomic E-state index is -3.56. The molecule has 1 aliphatic rings. The summed E-state index contributed by atoms with van der Waals surface area (Å²) in [6.07, 6.45) is 3.44. The molecule has 6 heteroatoms. The SMILES string of the molecule is CC(C)(C)c1ccc(S(=O)(=O)N2CCNCC2c2cccnc2)cc1. The zero-order valence-corrected chi connectivity index (χ0v) is 15.8. The lowest BCUT2D eigenvalue weighted by molar-refractivity contribution is 0.271. The normalized spacial score (nSPS) is 19.7. The van der Waals surface area contributed by atoms with Crippen LogP contribution in [0.1, 0.15) is 37.9 Å². The molecule has 0 amide bonds. The lowest BCUT2D eigenvalue weighted by Crippen LogP contribution is -2.48. The van der Waals surface area contributed by atoms with Gasteiger partial charge < -0.3 is 5.32 Å². The molecule has 1 fully saturated rings. The van der Waals surface area contributed by atoms with E-state index in [0.29, 0.717) is 24.5 Å². The zero-order valence-electron chi connectivity index (χ0n) is 14.9. The van der Waals surface area contributed by atoms with Crippen molar-refractivity contribution in [2.24, 2.45) is 0 Å². The summed E-state index contributed by atoms with van der Waals surface area (Å²) in [5.41, 5.74) is 2.02. The van der Waals surface area contributed by atoms with E-state index in [9.17, 15) is 8.42 Å². The molecule has 1 atom stereocenters. The maximum Gasteiger partial charge on any atom is 0.243 e. The second-order valence-corrected chi connectivity index (χ2v) is 9.29. The molecule has 0 bridgehead atoms. The van der Waals surface area contributed by atoms with Crippen LogP contribution in [-0.4, -0.2) is 37.3 Å². The molecule has 0 spiro atoms. The van der Waals surface area contributed by atoms with Crippen molar-refractivity contribution in [1.82, 2.24) is 14.6 Å². The van der Waals surface area contributed by atoms with Gasteiger partial charge >= 0.3 is 0 Å². The molecule has 3 rings (SSSR count). The number of rotatable bonds is 3. The number of nitrogens with zero attached hydrogens (tertiary/aromatic N) is 2. The summed E-state index contributed by atoms with van der Waals surface area (Å²) >= 11 is 0. The molecular weight excluding hydrogens is 334 g/mol. The van der Waals surface area contributed by atoms with E-state index in [-0.39, 0.29) is 11.5 Å². The number of hydrogen-bond donors (Lipinski definition) is 1. The molecule has 1 N–H and O–H groups in total. The molecular formula is C19H25N3O2S. The number of sulfonamides is 1. The number of nitrogens with one attached hydrogen (secondary N) is 1. The van der Waals surface area contributed by atoms with E-state index in [0.717, 1.165) is 11.1 Å². The number of hydrogen-bond acceptors (Lipinski definition) is 4. The smallest absolute Gasteiger partial charge is 0.243 e. The number of piperazine rings is 1. The summed E-state index contributed by atoms with van der Waals surface area (Å²) in [5, 5.41) is 3.28. The van der Waals surface area contributed by atoms with Gasteiger partial charge in [-0.2, -0.15) is 4.31 Å². The Kier molecular flexibility index (Phi) is 4.95. The molecule has 1 aromatic heterocycles. The minimum Gasteiger partial charge on any atom is -0.313 e. The summed E-state index contributed by atoms with van der Waals surface area (Å²) in [6, 6.07) is 10.8. The maximum atomic E-state index is 13.2. The third kappa shape index (κ3) is 3.76. The largest absolute Gasteiger partial charge is 0.313 e. The van der Waals surface area contributed by atoms with E-state index in [1.807, 2.05) is 24.3 Å². The van der Waals surface area contributed by atoms with E-state index in [4.69, 9.17) is 0 Å². The monoisotopic (exact) mass is 359 g/mol. The third-order valence-corrected chi connectivity index (χ3v) is 6.51. The first-order valence-corrected chi connectivity index (χ1v) is 9.97. The molecule has 2 heterocycles. The fourth-order valence-corrected chi connectivity index (χ4v) is 4.71. The molecule has 0 aliphatic carbocycles. The fourth-order valence-electron chi connectivity index (χ4n) is 3.09. The lowest BCUT2D eigenvalue weighted by atomic mass is 9.87. The third-order valence-electron chi connectivity index (χ3n) is 4.59. The van der Waals surface area contributed by atoms with Crippen molar-refractivity contribution in [3.63, 3.8) is 0 Å². The van der Waals surface area contributed by atoms with Gasteiger partial charge in [-0.05, 0) is 34.7 Å². The average Bonchev–Trinajstić information content (AvgIpc) is 2.62. The Morgan fingerprint density at radius 3 is 2.48 bits per heavy atom. The highest BCUT2D eigenvalue weighted by molar-refractivity contribution is 7.89. The van der Waals surface area contributed by atoms with Gasteiger partial charge in [-0.25, -0.2) is 8.42 Å². The van der Waals surface area contributed by atoms with Crippen LogP contribution in [0.5, 0.6) is 0 Å². The minimum absolute atomic E-state index is 0.00439. The van der Waals surface area contributed by atoms with Crippen molar-refractivity contribution in [3.8, 4) is 0 Å². The van der Waals surface area contributed by atoms with Gasteiger partial charge in [-0.15, -0.1) is 0 Å². The average molecular weight is 359 g/mol. The highest BCUT2D eigenvalue weighted by atomic mass is 32.2. The van der Waals surface area contributed by atoms with Crippen LogP contribution in [0.4, 0.5) is 0 Å². The predicted molar refractivity (Wildman–Crippen MR) is 98.9 cm³/mol. The van der Waals surface area contributed by atoms with Crippen molar-refractivity contribution >= 4 is 10.0 Å². The van der Waals surface area contributed by atoms with Gasteiger partial charge in [0.05, 0.1) is 10.9 Å². The summed E-state index contributed by atoms with van der Waals surface area (Å²) in [4.78, 5) is 4.48. The number of benzene rings is 1. The topological polar surface area (TPSA) is 62.3 Å². The standard InChI is InChI=1S/C19H25N3O2S/c1-19(2,3)16-6-8-17(9-7-16)25(23,24)22-12-11-21-14-18(22)15-5-4-10-20-13-15/h4-10,13,18,21H,11-12,14H2,1-3H3. The van der Waals surface area contributed by atoms with Crippen LogP contribution < -0.4 is 5.32 Å². The Morgan fingerprint density at radius 2 is 1.88 bits per heavy atom. The van der Waals surface area contributed by atoms with Crippen molar-refractivity contribution in [2.75, 3.05) is 19.6 Å². The fraction of sp³-hybridized carbons (Fsp3) is 0.421. The molecule has 5 nitrogen and oxygen atoms in total. The number of pyridine rings is 1. The van der Waals surface area contributed by atoms with E-state index >= 15 is 0 Å². The lowest BCUT2D eigenvalue weighted by Gasteiger charge is -2.35. The van der Waals surface area contributed by atoms with Crippen molar-refractivity contribution in [3.05, 3.63) is 59.9 Å². The summed E-state index contributed by atoms with van der Waals surface area (Å²) in [7, 11) is -3.56. The van der Waals surface area contributed by atoms with Crippen LogP contribution >= 0.6 is 0 Å². The molecule has 1 saturated heterocycles. The van der Waals surface area contributed by atoms with Gasteiger partial charge in [0, 0.05) is 32.0 Å².